The van der Waals surface area contributed by atoms with Crippen LogP contribution in [-0.2, 0) is 18.9 Å². The minimum Gasteiger partial charge on any atom is -0.355 e. The summed E-state index contributed by atoms with van der Waals surface area (Å²) < 4.78 is 16.1. The van der Waals surface area contributed by atoms with Gasteiger partial charge in [-0.3, -0.25) is 33.7 Å². The van der Waals surface area contributed by atoms with Crippen LogP contribution in [0.3, 0.4) is 0 Å². The molecule has 0 spiro atoms. The van der Waals surface area contributed by atoms with Crippen molar-refractivity contribution in [2.24, 2.45) is 14.1 Å². The van der Waals surface area contributed by atoms with E-state index in [9.17, 15) is 28.9 Å². The van der Waals surface area contributed by atoms with Crippen molar-refractivity contribution in [3.63, 3.8) is 0 Å². The normalized spacial score (nSPS) is 14.6. The highest BCUT2D eigenvalue weighted by molar-refractivity contribution is 5.92. The van der Waals surface area contributed by atoms with E-state index < -0.39 is 22.1 Å². The largest absolute Gasteiger partial charge is 0.355 e. The number of carbonyl (C=O) groups is 1. The molecule has 30 heavy (non-hydrogen) atoms. The van der Waals surface area contributed by atoms with E-state index >= 15 is 0 Å². The standard InChI is InChI=1S/C18H21FN6O5/c1-21-16(10-17(27)22(2)18(21)28)24-7-5-23(6-8-24)11-15(26)20-12-3-4-14(25(29)30)13(19)9-12/h3-4,9-10H,5-8,11H2,1-2H3,(H,20,26). The summed E-state index contributed by atoms with van der Waals surface area (Å²) in [4.78, 5) is 49.8. The first-order chi connectivity index (χ1) is 14.2. The maximum absolute atomic E-state index is 13.7. The maximum atomic E-state index is 13.7. The summed E-state index contributed by atoms with van der Waals surface area (Å²) in [6.07, 6.45) is 0. The molecule has 1 fully saturated rings. The number of hydrogen-bond acceptors (Lipinski definition) is 7. The fourth-order valence-corrected chi connectivity index (χ4v) is 3.30. The number of nitrogens with zero attached hydrogens (tertiary/aromatic N) is 5. The van der Waals surface area contributed by atoms with Crippen LogP contribution in [-0.4, -0.2) is 57.6 Å². The van der Waals surface area contributed by atoms with E-state index in [-0.39, 0.29) is 23.7 Å². The van der Waals surface area contributed by atoms with E-state index in [4.69, 9.17) is 0 Å². The summed E-state index contributed by atoms with van der Waals surface area (Å²) >= 11 is 0. The smallest absolute Gasteiger partial charge is 0.332 e. The van der Waals surface area contributed by atoms with E-state index in [0.717, 1.165) is 16.7 Å². The Labute approximate surface area is 170 Å². The zero-order valence-corrected chi connectivity index (χ0v) is 16.5. The molecular formula is C18H21FN6O5. The second-order valence-corrected chi connectivity index (χ2v) is 6.98. The predicted molar refractivity (Wildman–Crippen MR) is 107 cm³/mol. The summed E-state index contributed by atoms with van der Waals surface area (Å²) in [5, 5.41) is 13.2. The van der Waals surface area contributed by atoms with Crippen LogP contribution in [0.1, 0.15) is 0 Å². The van der Waals surface area contributed by atoms with Crippen molar-refractivity contribution in [3.05, 3.63) is 61.0 Å². The molecule has 3 rings (SSSR count). The molecule has 1 aromatic carbocycles. The quantitative estimate of drug-likeness (QED) is 0.529. The van der Waals surface area contributed by atoms with Gasteiger partial charge in [-0.15, -0.1) is 0 Å². The van der Waals surface area contributed by atoms with Gasteiger partial charge < -0.3 is 10.2 Å². The number of rotatable bonds is 5. The Morgan fingerprint density at radius 3 is 2.40 bits per heavy atom. The lowest BCUT2D eigenvalue weighted by Crippen LogP contribution is -2.50. The van der Waals surface area contributed by atoms with Crippen molar-refractivity contribution >= 4 is 23.1 Å². The van der Waals surface area contributed by atoms with Gasteiger partial charge in [0, 0.05) is 64.2 Å². The molecule has 1 aromatic heterocycles. The summed E-state index contributed by atoms with van der Waals surface area (Å²) in [5.41, 5.74) is -1.31. The van der Waals surface area contributed by atoms with Gasteiger partial charge >= 0.3 is 11.4 Å². The number of hydrogen-bond donors (Lipinski definition) is 1. The molecule has 0 saturated carbocycles. The second-order valence-electron chi connectivity index (χ2n) is 6.98. The van der Waals surface area contributed by atoms with Gasteiger partial charge in [0.15, 0.2) is 0 Å². The number of benzene rings is 1. The first-order valence-electron chi connectivity index (χ1n) is 9.15. The second kappa shape index (κ2) is 8.45. The third-order valence-electron chi connectivity index (χ3n) is 4.99. The van der Waals surface area contributed by atoms with Gasteiger partial charge in [0.1, 0.15) is 5.82 Å². The van der Waals surface area contributed by atoms with Crippen molar-refractivity contribution in [3.8, 4) is 0 Å². The molecule has 0 radical (unpaired) electrons. The molecule has 160 valence electrons. The molecule has 2 heterocycles. The lowest BCUT2D eigenvalue weighted by atomic mass is 10.2. The highest BCUT2D eigenvalue weighted by Gasteiger charge is 2.22. The average Bonchev–Trinajstić information content (AvgIpc) is 2.69. The zero-order chi connectivity index (χ0) is 22.0. The van der Waals surface area contributed by atoms with E-state index in [1.807, 2.05) is 9.80 Å². The number of nitro groups is 1. The highest BCUT2D eigenvalue weighted by atomic mass is 19.1. The number of piperazine rings is 1. The van der Waals surface area contributed by atoms with Crippen LogP contribution in [0, 0.1) is 15.9 Å². The summed E-state index contributed by atoms with van der Waals surface area (Å²) in [6, 6.07) is 4.59. The molecule has 1 saturated heterocycles. The van der Waals surface area contributed by atoms with Crippen LogP contribution in [0.25, 0.3) is 0 Å². The summed E-state index contributed by atoms with van der Waals surface area (Å²) in [7, 11) is 3.02. The van der Waals surface area contributed by atoms with Crippen molar-refractivity contribution < 1.29 is 14.1 Å². The average molecular weight is 420 g/mol. The lowest BCUT2D eigenvalue weighted by Gasteiger charge is -2.36. The fourth-order valence-electron chi connectivity index (χ4n) is 3.30. The predicted octanol–water partition coefficient (Wildman–Crippen LogP) is -0.108. The van der Waals surface area contributed by atoms with Gasteiger partial charge in [0.2, 0.25) is 11.7 Å². The topological polar surface area (TPSA) is 123 Å². The molecule has 1 N–H and O–H groups in total. The minimum absolute atomic E-state index is 0.0575. The fraction of sp³-hybridized carbons (Fsp3) is 0.389. The van der Waals surface area contributed by atoms with Gasteiger partial charge in [0.25, 0.3) is 5.56 Å². The third kappa shape index (κ3) is 4.38. The molecular weight excluding hydrogens is 399 g/mol. The van der Waals surface area contributed by atoms with Crippen LogP contribution in [0.2, 0.25) is 0 Å². The van der Waals surface area contributed by atoms with Crippen LogP contribution in [0.5, 0.6) is 0 Å². The van der Waals surface area contributed by atoms with Crippen LogP contribution in [0.15, 0.2) is 33.9 Å². The number of amides is 1. The number of nitro benzene ring substituents is 1. The molecule has 11 nitrogen and oxygen atoms in total. The Morgan fingerprint density at radius 1 is 1.13 bits per heavy atom. The Kier molecular flexibility index (Phi) is 5.96. The number of nitrogens with one attached hydrogen (secondary N) is 1. The van der Waals surface area contributed by atoms with Crippen LogP contribution in [0.4, 0.5) is 21.6 Å². The Hall–Kier alpha value is -3.54. The molecule has 1 amide bonds. The number of aromatic nitrogens is 2. The molecule has 2 aromatic rings. The first-order valence-corrected chi connectivity index (χ1v) is 9.15. The first kappa shape index (κ1) is 21.2. The highest BCUT2D eigenvalue weighted by Crippen LogP contribution is 2.21. The minimum atomic E-state index is -1.02. The van der Waals surface area contributed by atoms with Crippen molar-refractivity contribution in [2.45, 2.75) is 0 Å². The summed E-state index contributed by atoms with van der Waals surface area (Å²) in [5.74, 6) is -0.878. The van der Waals surface area contributed by atoms with Gasteiger partial charge in [-0.1, -0.05) is 0 Å². The maximum Gasteiger partial charge on any atom is 0.332 e. The lowest BCUT2D eigenvalue weighted by molar-refractivity contribution is -0.387. The number of anilines is 2. The van der Waals surface area contributed by atoms with Gasteiger partial charge in [0.05, 0.1) is 11.5 Å². The van der Waals surface area contributed by atoms with Gasteiger partial charge in [-0.2, -0.15) is 4.39 Å². The summed E-state index contributed by atoms with van der Waals surface area (Å²) in [6.45, 7) is 2.12. The molecule has 12 heteroatoms. The third-order valence-corrected chi connectivity index (χ3v) is 4.99. The number of halogens is 1. The Bertz CT molecular complexity index is 1100. The SMILES string of the molecule is Cn1c(N2CCN(CC(=O)Nc3ccc([N+](=O)[O-])c(F)c3)CC2)cc(=O)n(C)c1=O. The number of carbonyl (C=O) groups excluding carboxylic acids is 1. The van der Waals surface area contributed by atoms with E-state index in [1.165, 1.54) is 23.7 Å². The molecule has 0 bridgehead atoms. The van der Waals surface area contributed by atoms with E-state index in [1.54, 1.807) is 7.05 Å². The Morgan fingerprint density at radius 2 is 1.80 bits per heavy atom. The molecule has 1 aliphatic rings. The molecule has 0 unspecified atom stereocenters. The Balaban J connectivity index is 1.58. The van der Waals surface area contributed by atoms with Crippen LogP contribution < -0.4 is 21.5 Å². The monoisotopic (exact) mass is 420 g/mol. The molecule has 0 aliphatic carbocycles. The van der Waals surface area contributed by atoms with Gasteiger partial charge in [-0.05, 0) is 6.07 Å². The van der Waals surface area contributed by atoms with Crippen LogP contribution >= 0.6 is 0 Å². The van der Waals surface area contributed by atoms with E-state index in [0.29, 0.717) is 32.0 Å². The van der Waals surface area contributed by atoms with E-state index in [2.05, 4.69) is 5.32 Å². The zero-order valence-electron chi connectivity index (χ0n) is 16.5. The van der Waals surface area contributed by atoms with Crippen molar-refractivity contribution in [1.29, 1.82) is 0 Å². The molecule has 1 aliphatic heterocycles. The van der Waals surface area contributed by atoms with Gasteiger partial charge in [-0.25, -0.2) is 4.79 Å². The molecule has 0 atom stereocenters. The van der Waals surface area contributed by atoms with Crippen molar-refractivity contribution in [2.75, 3.05) is 42.9 Å². The van der Waals surface area contributed by atoms with Crippen molar-refractivity contribution in [1.82, 2.24) is 14.0 Å².